The maximum absolute atomic E-state index is 12.8. The van der Waals surface area contributed by atoms with E-state index in [1.807, 2.05) is 36.4 Å². The number of amides is 2. The van der Waals surface area contributed by atoms with Gasteiger partial charge in [0.15, 0.2) is 10.9 Å². The van der Waals surface area contributed by atoms with Crippen molar-refractivity contribution in [1.82, 2.24) is 10.3 Å². The molecule has 7 heteroatoms. The fraction of sp³-hybridized carbons (Fsp3) is 0.0500. The van der Waals surface area contributed by atoms with E-state index in [1.165, 1.54) is 11.3 Å². The van der Waals surface area contributed by atoms with Gasteiger partial charge in [0.2, 0.25) is 0 Å². The Balaban J connectivity index is 1.60. The fourth-order valence-electron chi connectivity index (χ4n) is 2.70. The fourth-order valence-corrected chi connectivity index (χ4v) is 3.24. The zero-order valence-electron chi connectivity index (χ0n) is 14.1. The largest absolute Gasteiger partial charge is 0.451 e. The lowest BCUT2D eigenvalue weighted by Crippen LogP contribution is -2.36. The monoisotopic (exact) mass is 377 g/mol. The Morgan fingerprint density at radius 1 is 1.04 bits per heavy atom. The second-order valence-electron chi connectivity index (χ2n) is 5.79. The van der Waals surface area contributed by atoms with Crippen LogP contribution in [0.25, 0.3) is 11.0 Å². The molecule has 0 spiro atoms. The van der Waals surface area contributed by atoms with Crippen molar-refractivity contribution in [2.24, 2.45) is 0 Å². The molecule has 1 atom stereocenters. The molecule has 0 unspecified atom stereocenters. The van der Waals surface area contributed by atoms with Gasteiger partial charge in [-0.1, -0.05) is 48.5 Å². The van der Waals surface area contributed by atoms with Crippen LogP contribution < -0.4 is 10.6 Å². The lowest BCUT2D eigenvalue weighted by Gasteiger charge is -2.17. The summed E-state index contributed by atoms with van der Waals surface area (Å²) in [6.07, 6.45) is 1.60. The van der Waals surface area contributed by atoms with Gasteiger partial charge >= 0.3 is 0 Å². The molecule has 0 radical (unpaired) electrons. The molecule has 2 amide bonds. The number of carbonyl (C=O) groups excluding carboxylic acids is 2. The number of hydrogen-bond acceptors (Lipinski definition) is 5. The van der Waals surface area contributed by atoms with E-state index in [2.05, 4.69) is 15.6 Å². The zero-order chi connectivity index (χ0) is 18.6. The first-order valence-corrected chi connectivity index (χ1v) is 9.13. The molecule has 0 aliphatic carbocycles. The van der Waals surface area contributed by atoms with Crippen molar-refractivity contribution in [2.45, 2.75) is 6.04 Å². The zero-order valence-corrected chi connectivity index (χ0v) is 14.9. The first-order valence-electron chi connectivity index (χ1n) is 8.25. The predicted molar refractivity (Wildman–Crippen MR) is 104 cm³/mol. The molecule has 0 saturated heterocycles. The van der Waals surface area contributed by atoms with Crippen LogP contribution in [0.1, 0.15) is 22.2 Å². The Labute approximate surface area is 158 Å². The highest BCUT2D eigenvalue weighted by Gasteiger charge is 2.25. The average molecular weight is 377 g/mol. The van der Waals surface area contributed by atoms with Crippen LogP contribution in [0.5, 0.6) is 0 Å². The van der Waals surface area contributed by atoms with Crippen LogP contribution in [-0.2, 0) is 4.79 Å². The third-order valence-corrected chi connectivity index (χ3v) is 4.67. The van der Waals surface area contributed by atoms with E-state index in [4.69, 9.17) is 4.42 Å². The molecular formula is C20H15N3O3S. The number of aromatic nitrogens is 1. The Morgan fingerprint density at radius 3 is 2.56 bits per heavy atom. The number of anilines is 1. The molecule has 2 aromatic heterocycles. The van der Waals surface area contributed by atoms with Gasteiger partial charge in [-0.05, 0) is 17.7 Å². The van der Waals surface area contributed by atoms with Crippen molar-refractivity contribution >= 4 is 39.3 Å². The van der Waals surface area contributed by atoms with Gasteiger partial charge in [-0.2, -0.15) is 0 Å². The van der Waals surface area contributed by atoms with Gasteiger partial charge in [0.25, 0.3) is 11.8 Å². The maximum atomic E-state index is 12.8. The summed E-state index contributed by atoms with van der Waals surface area (Å²) >= 11 is 1.31. The van der Waals surface area contributed by atoms with Crippen molar-refractivity contribution in [2.75, 3.05) is 5.32 Å². The van der Waals surface area contributed by atoms with Crippen LogP contribution in [0.3, 0.4) is 0 Å². The lowest BCUT2D eigenvalue weighted by molar-refractivity contribution is -0.118. The number of thiazole rings is 1. The molecule has 6 nitrogen and oxygen atoms in total. The minimum Gasteiger partial charge on any atom is -0.451 e. The molecule has 0 bridgehead atoms. The summed E-state index contributed by atoms with van der Waals surface area (Å²) < 4.78 is 5.60. The second-order valence-corrected chi connectivity index (χ2v) is 6.69. The van der Waals surface area contributed by atoms with Gasteiger partial charge in [0.1, 0.15) is 11.6 Å². The summed E-state index contributed by atoms with van der Waals surface area (Å²) in [5, 5.41) is 8.54. The molecule has 2 aromatic carbocycles. The smallest absolute Gasteiger partial charge is 0.287 e. The van der Waals surface area contributed by atoms with Crippen molar-refractivity contribution in [1.29, 1.82) is 0 Å². The number of benzene rings is 2. The quantitative estimate of drug-likeness (QED) is 0.551. The standard InChI is InChI=1S/C20H15N3O3S/c24-18(16-12-14-8-4-5-9-15(14)26-16)22-17(13-6-2-1-3-7-13)19(25)23-20-21-10-11-27-20/h1-12,17H,(H,22,24)(H,21,23,25)/t17-/m1/s1. The number of carbonyl (C=O) groups is 2. The minimum atomic E-state index is -0.879. The van der Waals surface area contributed by atoms with Crippen molar-refractivity contribution < 1.29 is 14.0 Å². The van der Waals surface area contributed by atoms with Gasteiger partial charge in [0, 0.05) is 17.0 Å². The Morgan fingerprint density at radius 2 is 1.81 bits per heavy atom. The second kappa shape index (κ2) is 7.43. The van der Waals surface area contributed by atoms with Gasteiger partial charge in [-0.25, -0.2) is 4.98 Å². The Kier molecular flexibility index (Phi) is 4.67. The molecule has 0 aliphatic rings. The van der Waals surface area contributed by atoms with E-state index in [1.54, 1.807) is 35.8 Å². The molecule has 0 saturated carbocycles. The van der Waals surface area contributed by atoms with Crippen LogP contribution in [0.4, 0.5) is 5.13 Å². The van der Waals surface area contributed by atoms with Crippen LogP contribution in [0.2, 0.25) is 0 Å². The molecule has 4 rings (SSSR count). The number of hydrogen-bond donors (Lipinski definition) is 2. The normalized spacial score (nSPS) is 11.9. The molecule has 134 valence electrons. The minimum absolute atomic E-state index is 0.152. The third-order valence-electron chi connectivity index (χ3n) is 3.98. The first kappa shape index (κ1) is 17.0. The van der Waals surface area contributed by atoms with E-state index in [-0.39, 0.29) is 11.7 Å². The molecule has 0 aliphatic heterocycles. The van der Waals surface area contributed by atoms with Gasteiger partial charge in [-0.3, -0.25) is 14.9 Å². The van der Waals surface area contributed by atoms with Crippen LogP contribution >= 0.6 is 11.3 Å². The summed E-state index contributed by atoms with van der Waals surface area (Å²) in [6, 6.07) is 17.2. The summed E-state index contributed by atoms with van der Waals surface area (Å²) in [7, 11) is 0. The van der Waals surface area contributed by atoms with E-state index in [0.29, 0.717) is 16.3 Å². The van der Waals surface area contributed by atoms with Gasteiger partial charge in [0.05, 0.1) is 0 Å². The molecule has 2 N–H and O–H groups in total. The molecular weight excluding hydrogens is 362 g/mol. The SMILES string of the molecule is O=C(N[C@@H](C(=O)Nc1nccs1)c1ccccc1)c1cc2ccccc2o1. The van der Waals surface area contributed by atoms with E-state index >= 15 is 0 Å². The number of nitrogens with one attached hydrogen (secondary N) is 2. The van der Waals surface area contributed by atoms with Crippen LogP contribution in [0, 0.1) is 0 Å². The van der Waals surface area contributed by atoms with Gasteiger partial charge < -0.3 is 9.73 Å². The highest BCUT2D eigenvalue weighted by atomic mass is 32.1. The Hall–Kier alpha value is -3.45. The number of rotatable bonds is 5. The molecule has 4 aromatic rings. The summed E-state index contributed by atoms with van der Waals surface area (Å²) in [5.74, 6) is -0.686. The third kappa shape index (κ3) is 3.73. The number of para-hydroxylation sites is 1. The first-order chi connectivity index (χ1) is 13.2. The molecule has 2 heterocycles. The van der Waals surface area contributed by atoms with E-state index in [0.717, 1.165) is 5.39 Å². The van der Waals surface area contributed by atoms with Gasteiger partial charge in [-0.15, -0.1) is 11.3 Å². The maximum Gasteiger partial charge on any atom is 0.287 e. The predicted octanol–water partition coefficient (Wildman–Crippen LogP) is 4.00. The highest BCUT2D eigenvalue weighted by molar-refractivity contribution is 7.13. The number of fused-ring (bicyclic) bond motifs is 1. The van der Waals surface area contributed by atoms with Crippen molar-refractivity contribution in [3.05, 3.63) is 83.6 Å². The van der Waals surface area contributed by atoms with E-state index < -0.39 is 11.9 Å². The molecule has 0 fully saturated rings. The molecule has 27 heavy (non-hydrogen) atoms. The topological polar surface area (TPSA) is 84.2 Å². The lowest BCUT2D eigenvalue weighted by atomic mass is 10.1. The highest BCUT2D eigenvalue weighted by Crippen LogP contribution is 2.21. The summed E-state index contributed by atoms with van der Waals surface area (Å²) in [5.41, 5.74) is 1.28. The van der Waals surface area contributed by atoms with E-state index in [9.17, 15) is 9.59 Å². The Bertz CT molecular complexity index is 1040. The average Bonchev–Trinajstić information content (AvgIpc) is 3.36. The van der Waals surface area contributed by atoms with Crippen molar-refractivity contribution in [3.63, 3.8) is 0 Å². The van der Waals surface area contributed by atoms with Crippen molar-refractivity contribution in [3.8, 4) is 0 Å². The number of nitrogens with zero attached hydrogens (tertiary/aromatic N) is 1. The van der Waals surface area contributed by atoms with Crippen LogP contribution in [0.15, 0.2) is 76.7 Å². The number of furan rings is 1. The van der Waals surface area contributed by atoms with Crippen LogP contribution in [-0.4, -0.2) is 16.8 Å². The summed E-state index contributed by atoms with van der Waals surface area (Å²) in [4.78, 5) is 29.5. The summed E-state index contributed by atoms with van der Waals surface area (Å²) in [6.45, 7) is 0.